The van der Waals surface area contributed by atoms with E-state index in [1.807, 2.05) is 0 Å². The highest BCUT2D eigenvalue weighted by atomic mass is 16.7. The number of nitro benzene ring substituents is 1. The number of non-ortho nitro benzene ring substituents is 1. The minimum atomic E-state index is -1.48. The van der Waals surface area contributed by atoms with Crippen molar-refractivity contribution in [3.63, 3.8) is 0 Å². The molecule has 0 spiro atoms. The Kier molecular flexibility index (Phi) is 3.93. The Morgan fingerprint density at radius 2 is 2.11 bits per heavy atom. The van der Waals surface area contributed by atoms with Crippen LogP contribution in [0.15, 0.2) is 18.2 Å². The molecule has 0 saturated carbocycles. The van der Waals surface area contributed by atoms with Gasteiger partial charge in [0.15, 0.2) is 0 Å². The summed E-state index contributed by atoms with van der Waals surface area (Å²) in [5.41, 5.74) is 0.245. The number of hydrogen-bond acceptors (Lipinski definition) is 6. The Hall–Kier alpha value is -2.19. The van der Waals surface area contributed by atoms with Crippen LogP contribution in [0.4, 0.5) is 10.5 Å². The first-order valence-corrected chi connectivity index (χ1v) is 5.42. The van der Waals surface area contributed by atoms with Crippen molar-refractivity contribution in [3.05, 3.63) is 33.9 Å². The lowest BCUT2D eigenvalue weighted by Gasteiger charge is -2.23. The Balaban J connectivity index is 2.36. The summed E-state index contributed by atoms with van der Waals surface area (Å²) in [6.07, 6.45) is -1.48. The number of nitro groups is 1. The van der Waals surface area contributed by atoms with Gasteiger partial charge in [-0.3, -0.25) is 10.1 Å². The number of benzene rings is 1. The first kappa shape index (κ1) is 13.2. The summed E-state index contributed by atoms with van der Waals surface area (Å²) in [5, 5.41) is 19.4. The third kappa shape index (κ3) is 3.18. The number of nitrogens with zero attached hydrogens (tertiary/aromatic N) is 1. The number of hydrogen-bond donors (Lipinski definition) is 1. The molecule has 1 fully saturated rings. The van der Waals surface area contributed by atoms with Crippen molar-refractivity contribution < 1.29 is 29.0 Å². The van der Waals surface area contributed by atoms with Gasteiger partial charge in [-0.25, -0.2) is 4.79 Å². The van der Waals surface area contributed by atoms with Crippen LogP contribution in [0.3, 0.4) is 0 Å². The first-order valence-electron chi connectivity index (χ1n) is 5.42. The van der Waals surface area contributed by atoms with Crippen molar-refractivity contribution in [2.45, 2.75) is 5.92 Å². The summed E-state index contributed by atoms with van der Waals surface area (Å²) in [6, 6.07) is 3.73. The van der Waals surface area contributed by atoms with E-state index in [1.54, 1.807) is 0 Å². The van der Waals surface area contributed by atoms with Crippen molar-refractivity contribution in [1.82, 2.24) is 0 Å². The van der Waals surface area contributed by atoms with Crippen LogP contribution < -0.4 is 4.74 Å². The van der Waals surface area contributed by atoms with E-state index in [-0.39, 0.29) is 37.4 Å². The molecule has 0 radical (unpaired) electrons. The van der Waals surface area contributed by atoms with Crippen LogP contribution in [0.25, 0.3) is 0 Å². The van der Waals surface area contributed by atoms with E-state index in [0.29, 0.717) is 5.56 Å². The van der Waals surface area contributed by atoms with E-state index in [9.17, 15) is 14.9 Å². The Morgan fingerprint density at radius 3 is 2.68 bits per heavy atom. The largest absolute Gasteiger partial charge is 0.511 e. The molecule has 2 rings (SSSR count). The van der Waals surface area contributed by atoms with Crippen LogP contribution in [0.5, 0.6) is 5.75 Å². The van der Waals surface area contributed by atoms with Crippen LogP contribution in [0.1, 0.15) is 11.5 Å². The molecule has 0 unspecified atom stereocenters. The topological polar surface area (TPSA) is 108 Å². The zero-order valence-electron chi connectivity index (χ0n) is 9.77. The molecule has 1 aromatic rings. The van der Waals surface area contributed by atoms with Crippen molar-refractivity contribution in [1.29, 1.82) is 0 Å². The Bertz CT molecular complexity index is 496. The zero-order chi connectivity index (χ0) is 13.8. The molecule has 0 aromatic heterocycles. The molecule has 1 aliphatic rings. The minimum Gasteiger partial charge on any atom is -0.449 e. The summed E-state index contributed by atoms with van der Waals surface area (Å²) < 4.78 is 14.8. The molecule has 0 aliphatic carbocycles. The van der Waals surface area contributed by atoms with Crippen LogP contribution in [0.2, 0.25) is 0 Å². The molecule has 8 nitrogen and oxygen atoms in total. The maximum atomic E-state index is 10.8. The van der Waals surface area contributed by atoms with Gasteiger partial charge < -0.3 is 19.3 Å². The molecule has 8 heteroatoms. The predicted molar refractivity (Wildman–Crippen MR) is 61.3 cm³/mol. The fraction of sp³-hybridized carbons (Fsp3) is 0.364. The molecule has 1 aromatic carbocycles. The van der Waals surface area contributed by atoms with Gasteiger partial charge in [-0.1, -0.05) is 0 Å². The lowest BCUT2D eigenvalue weighted by molar-refractivity contribution is -0.385. The molecule has 0 bridgehead atoms. The van der Waals surface area contributed by atoms with Gasteiger partial charge in [0.05, 0.1) is 18.1 Å². The maximum Gasteiger partial charge on any atom is 0.511 e. The molecular weight excluding hydrogens is 258 g/mol. The molecule has 1 aliphatic heterocycles. The highest BCUT2D eigenvalue weighted by Crippen LogP contribution is 2.32. The van der Waals surface area contributed by atoms with Gasteiger partial charge in [0.1, 0.15) is 12.5 Å². The lowest BCUT2D eigenvalue weighted by atomic mass is 9.98. The first-order chi connectivity index (χ1) is 9.08. The summed E-state index contributed by atoms with van der Waals surface area (Å²) in [7, 11) is 0. The van der Waals surface area contributed by atoms with Gasteiger partial charge in [-0.15, -0.1) is 0 Å². The molecular formula is C11H11NO7. The van der Waals surface area contributed by atoms with Gasteiger partial charge >= 0.3 is 6.16 Å². The van der Waals surface area contributed by atoms with E-state index in [2.05, 4.69) is 4.74 Å². The number of carbonyl (C=O) groups is 1. The monoisotopic (exact) mass is 269 g/mol. The molecule has 0 atom stereocenters. The normalized spacial score (nSPS) is 16.0. The van der Waals surface area contributed by atoms with Crippen molar-refractivity contribution in [3.8, 4) is 5.75 Å². The third-order valence-electron chi connectivity index (χ3n) is 2.65. The van der Waals surface area contributed by atoms with Gasteiger partial charge in [0.25, 0.3) is 5.69 Å². The molecule has 102 valence electrons. The predicted octanol–water partition coefficient (Wildman–Crippen LogP) is 1.74. The van der Waals surface area contributed by atoms with Gasteiger partial charge in [-0.05, 0) is 6.07 Å². The highest BCUT2D eigenvalue weighted by molar-refractivity contribution is 5.63. The Morgan fingerprint density at radius 1 is 1.42 bits per heavy atom. The van der Waals surface area contributed by atoms with Crippen LogP contribution in [0, 0.1) is 10.1 Å². The van der Waals surface area contributed by atoms with Gasteiger partial charge in [0.2, 0.25) is 0 Å². The lowest BCUT2D eigenvalue weighted by Crippen LogP contribution is -2.23. The van der Waals surface area contributed by atoms with E-state index >= 15 is 0 Å². The fourth-order valence-corrected chi connectivity index (χ4v) is 1.82. The fourth-order valence-electron chi connectivity index (χ4n) is 1.82. The molecule has 1 N–H and O–H groups in total. The SMILES string of the molecule is O=C(O)Oc1ccc([N+](=O)[O-])cc1C1COCOC1. The number of ether oxygens (including phenoxy) is 3. The second-order valence-corrected chi connectivity index (χ2v) is 3.90. The molecule has 19 heavy (non-hydrogen) atoms. The smallest absolute Gasteiger partial charge is 0.449 e. The zero-order valence-corrected chi connectivity index (χ0v) is 9.77. The number of carboxylic acid groups (broad SMARTS) is 1. The highest BCUT2D eigenvalue weighted by Gasteiger charge is 2.24. The molecule has 0 amide bonds. The summed E-state index contributed by atoms with van der Waals surface area (Å²) in [5.74, 6) is -0.250. The average molecular weight is 269 g/mol. The van der Waals surface area contributed by atoms with E-state index in [1.165, 1.54) is 18.2 Å². The summed E-state index contributed by atoms with van der Waals surface area (Å²) in [6.45, 7) is 0.731. The quantitative estimate of drug-likeness (QED) is 0.385. The van der Waals surface area contributed by atoms with E-state index in [0.717, 1.165) is 0 Å². The van der Waals surface area contributed by atoms with Crippen LogP contribution in [-0.4, -0.2) is 36.2 Å². The van der Waals surface area contributed by atoms with Crippen LogP contribution >= 0.6 is 0 Å². The minimum absolute atomic E-state index is 0.0530. The standard InChI is InChI=1S/C11H11NO7/c13-11(14)19-10-2-1-8(12(15)16)3-9(10)7-4-17-6-18-5-7/h1-3,7H,4-6H2,(H,13,14). The van der Waals surface area contributed by atoms with Crippen molar-refractivity contribution in [2.24, 2.45) is 0 Å². The summed E-state index contributed by atoms with van der Waals surface area (Å²) >= 11 is 0. The van der Waals surface area contributed by atoms with Crippen LogP contribution in [-0.2, 0) is 9.47 Å². The second kappa shape index (κ2) is 5.63. The Labute approximate surface area is 107 Å². The average Bonchev–Trinajstić information content (AvgIpc) is 2.39. The molecule has 1 saturated heterocycles. The van der Waals surface area contributed by atoms with Crippen molar-refractivity contribution in [2.75, 3.05) is 20.0 Å². The van der Waals surface area contributed by atoms with Gasteiger partial charge in [-0.2, -0.15) is 0 Å². The maximum absolute atomic E-state index is 10.8. The van der Waals surface area contributed by atoms with E-state index < -0.39 is 11.1 Å². The van der Waals surface area contributed by atoms with Gasteiger partial charge in [0, 0.05) is 23.6 Å². The summed E-state index contributed by atoms with van der Waals surface area (Å²) in [4.78, 5) is 20.8. The second-order valence-electron chi connectivity index (χ2n) is 3.90. The van der Waals surface area contributed by atoms with E-state index in [4.69, 9.17) is 14.6 Å². The third-order valence-corrected chi connectivity index (χ3v) is 2.65. The molecule has 1 heterocycles. The number of rotatable bonds is 3. The van der Waals surface area contributed by atoms with Crippen molar-refractivity contribution >= 4 is 11.8 Å².